The van der Waals surface area contributed by atoms with Crippen LogP contribution in [0, 0.1) is 0 Å². The Morgan fingerprint density at radius 1 is 0.868 bits per heavy atom. The van der Waals surface area contributed by atoms with Crippen LogP contribution < -0.4 is 10.6 Å². The predicted octanol–water partition coefficient (Wildman–Crippen LogP) is 4.60. The molecular formula is C29H24N8O. The molecule has 2 aromatic carbocycles. The third-order valence-corrected chi connectivity index (χ3v) is 6.20. The molecule has 0 fully saturated rings. The highest BCUT2D eigenvalue weighted by atomic mass is 16.1. The number of carbonyl (C=O) groups is 1. The van der Waals surface area contributed by atoms with Crippen molar-refractivity contribution >= 4 is 28.3 Å². The number of nitrogens with zero attached hydrogens (tertiary/aromatic N) is 6. The molecule has 9 nitrogen and oxygen atoms in total. The zero-order valence-corrected chi connectivity index (χ0v) is 20.4. The van der Waals surface area contributed by atoms with Crippen molar-refractivity contribution in [1.29, 1.82) is 0 Å². The molecule has 2 N–H and O–H groups in total. The summed E-state index contributed by atoms with van der Waals surface area (Å²) < 4.78 is 3.91. The number of hydrogen-bond donors (Lipinski definition) is 2. The molecule has 0 aliphatic carbocycles. The fourth-order valence-electron chi connectivity index (χ4n) is 4.32. The molecule has 0 aliphatic heterocycles. The van der Waals surface area contributed by atoms with Crippen molar-refractivity contribution in [3.8, 4) is 11.5 Å². The summed E-state index contributed by atoms with van der Waals surface area (Å²) in [6.07, 6.45) is 11.1. The number of hydrogen-bond acceptors (Lipinski definition) is 6. The van der Waals surface area contributed by atoms with Crippen molar-refractivity contribution in [2.75, 3.05) is 5.32 Å². The van der Waals surface area contributed by atoms with Crippen molar-refractivity contribution in [3.63, 3.8) is 0 Å². The number of anilines is 2. The van der Waals surface area contributed by atoms with Crippen molar-refractivity contribution in [3.05, 3.63) is 121 Å². The minimum atomic E-state index is -0.0542. The van der Waals surface area contributed by atoms with Gasteiger partial charge in [0.1, 0.15) is 0 Å². The molecule has 186 valence electrons. The maximum atomic E-state index is 12.7. The second-order valence-electron chi connectivity index (χ2n) is 8.77. The summed E-state index contributed by atoms with van der Waals surface area (Å²) in [6.45, 7) is 0.442. The summed E-state index contributed by atoms with van der Waals surface area (Å²) in [7, 11) is 0. The summed E-state index contributed by atoms with van der Waals surface area (Å²) in [5, 5.41) is 16.1. The second kappa shape index (κ2) is 10.4. The van der Waals surface area contributed by atoms with Gasteiger partial charge < -0.3 is 15.2 Å². The van der Waals surface area contributed by atoms with Crippen LogP contribution in [0.1, 0.15) is 11.1 Å². The molecular weight excluding hydrogens is 476 g/mol. The molecule has 0 unspecified atom stereocenters. The minimum Gasteiger partial charge on any atom is -0.352 e. The number of para-hydroxylation sites is 1. The van der Waals surface area contributed by atoms with Gasteiger partial charge in [0.15, 0.2) is 11.6 Å². The molecule has 1 amide bonds. The molecule has 0 saturated heterocycles. The van der Waals surface area contributed by atoms with E-state index >= 15 is 0 Å². The van der Waals surface area contributed by atoms with E-state index < -0.39 is 0 Å². The van der Waals surface area contributed by atoms with Gasteiger partial charge in [0.2, 0.25) is 5.91 Å². The van der Waals surface area contributed by atoms with Gasteiger partial charge in [0, 0.05) is 54.3 Å². The van der Waals surface area contributed by atoms with Crippen LogP contribution in [-0.4, -0.2) is 35.2 Å². The lowest BCUT2D eigenvalue weighted by Gasteiger charge is -2.08. The van der Waals surface area contributed by atoms with E-state index in [1.165, 1.54) is 0 Å². The molecule has 0 spiro atoms. The minimum absolute atomic E-state index is 0.0542. The number of imidazole rings is 1. The van der Waals surface area contributed by atoms with Gasteiger partial charge in [-0.05, 0) is 59.7 Å². The van der Waals surface area contributed by atoms with Gasteiger partial charge in [-0.2, -0.15) is 0 Å². The van der Waals surface area contributed by atoms with Gasteiger partial charge >= 0.3 is 0 Å². The van der Waals surface area contributed by atoms with Crippen molar-refractivity contribution < 1.29 is 4.79 Å². The number of nitrogens with one attached hydrogen (secondary N) is 2. The standard InChI is InChI=1S/C29H24N8O/c38-29(32-18-21-4-3-13-30-17-21)16-22-19-37(26-6-2-1-5-25(22)26)28-12-11-27(34-35-28)33-23-7-9-24(10-8-23)36-15-14-31-20-36/h1-15,17,19-20H,16,18H2,(H,32,38)(H,33,34). The maximum Gasteiger partial charge on any atom is 0.224 e. The largest absolute Gasteiger partial charge is 0.352 e. The van der Waals surface area contributed by atoms with Gasteiger partial charge in [0.05, 0.1) is 18.3 Å². The Hall–Kier alpha value is -5.31. The first kappa shape index (κ1) is 23.1. The number of amides is 1. The Kier molecular flexibility index (Phi) is 6.30. The first-order valence-electron chi connectivity index (χ1n) is 12.2. The molecule has 0 saturated carbocycles. The maximum absolute atomic E-state index is 12.7. The molecule has 0 radical (unpaired) electrons. The molecule has 0 bridgehead atoms. The average Bonchev–Trinajstić information content (AvgIpc) is 3.63. The number of carbonyl (C=O) groups excluding carboxylic acids is 1. The molecule has 38 heavy (non-hydrogen) atoms. The van der Waals surface area contributed by atoms with Crippen LogP contribution in [0.5, 0.6) is 0 Å². The van der Waals surface area contributed by atoms with E-state index in [1.807, 2.05) is 94.3 Å². The summed E-state index contributed by atoms with van der Waals surface area (Å²) in [4.78, 5) is 20.9. The number of fused-ring (bicyclic) bond motifs is 1. The zero-order valence-electron chi connectivity index (χ0n) is 20.4. The molecule has 0 atom stereocenters. The van der Waals surface area contributed by atoms with E-state index in [-0.39, 0.29) is 12.3 Å². The summed E-state index contributed by atoms with van der Waals surface area (Å²) >= 11 is 0. The normalized spacial score (nSPS) is 10.9. The van der Waals surface area contributed by atoms with Gasteiger partial charge in [0.25, 0.3) is 0 Å². The first-order chi connectivity index (χ1) is 18.7. The number of benzene rings is 2. The molecule has 9 heteroatoms. The molecule has 6 aromatic rings. The van der Waals surface area contributed by atoms with Gasteiger partial charge in [-0.25, -0.2) is 4.98 Å². The Morgan fingerprint density at radius 2 is 1.76 bits per heavy atom. The van der Waals surface area contributed by atoms with E-state index in [0.717, 1.165) is 33.4 Å². The van der Waals surface area contributed by atoms with Crippen LogP contribution in [0.3, 0.4) is 0 Å². The van der Waals surface area contributed by atoms with Crippen LogP contribution in [0.25, 0.3) is 22.4 Å². The topological polar surface area (TPSA) is 103 Å². The van der Waals surface area contributed by atoms with Gasteiger partial charge in [-0.15, -0.1) is 10.2 Å². The Morgan fingerprint density at radius 3 is 2.53 bits per heavy atom. The summed E-state index contributed by atoms with van der Waals surface area (Å²) in [5.74, 6) is 1.25. The third-order valence-electron chi connectivity index (χ3n) is 6.20. The average molecular weight is 501 g/mol. The molecule has 4 heterocycles. The van der Waals surface area contributed by atoms with Crippen LogP contribution >= 0.6 is 0 Å². The van der Waals surface area contributed by atoms with E-state index in [2.05, 4.69) is 30.8 Å². The van der Waals surface area contributed by atoms with E-state index in [0.29, 0.717) is 18.2 Å². The van der Waals surface area contributed by atoms with Crippen LogP contribution in [0.15, 0.2) is 110 Å². The zero-order chi connectivity index (χ0) is 25.7. The van der Waals surface area contributed by atoms with Crippen molar-refractivity contribution in [1.82, 2.24) is 34.6 Å². The number of rotatable bonds is 8. The highest BCUT2D eigenvalue weighted by molar-refractivity contribution is 5.90. The fourth-order valence-corrected chi connectivity index (χ4v) is 4.32. The smallest absolute Gasteiger partial charge is 0.224 e. The van der Waals surface area contributed by atoms with Crippen LogP contribution in [0.4, 0.5) is 11.5 Å². The monoisotopic (exact) mass is 500 g/mol. The SMILES string of the molecule is O=C(Cc1cn(-c2ccc(Nc3ccc(-n4ccnc4)cc3)nn2)c2ccccc12)NCc1cccnc1. The quantitative estimate of drug-likeness (QED) is 0.317. The second-order valence-corrected chi connectivity index (χ2v) is 8.77. The summed E-state index contributed by atoms with van der Waals surface area (Å²) in [5.41, 5.74) is 4.78. The highest BCUT2D eigenvalue weighted by Gasteiger charge is 2.14. The number of aromatic nitrogens is 6. The summed E-state index contributed by atoms with van der Waals surface area (Å²) in [6, 6.07) is 23.6. The lowest BCUT2D eigenvalue weighted by atomic mass is 10.1. The highest BCUT2D eigenvalue weighted by Crippen LogP contribution is 2.25. The number of pyridine rings is 1. The van der Waals surface area contributed by atoms with E-state index in [9.17, 15) is 4.79 Å². The Labute approximate surface area is 218 Å². The lowest BCUT2D eigenvalue weighted by Crippen LogP contribution is -2.24. The van der Waals surface area contributed by atoms with E-state index in [4.69, 9.17) is 0 Å². The molecule has 0 aliphatic rings. The molecule has 4 aromatic heterocycles. The van der Waals surface area contributed by atoms with Crippen LogP contribution in [-0.2, 0) is 17.8 Å². The molecule has 6 rings (SSSR count). The van der Waals surface area contributed by atoms with Crippen LogP contribution in [0.2, 0.25) is 0 Å². The lowest BCUT2D eigenvalue weighted by molar-refractivity contribution is -0.120. The van der Waals surface area contributed by atoms with Crippen molar-refractivity contribution in [2.45, 2.75) is 13.0 Å². The third kappa shape index (κ3) is 4.98. The van der Waals surface area contributed by atoms with Gasteiger partial charge in [-0.3, -0.25) is 14.3 Å². The Balaban J connectivity index is 1.17. The Bertz CT molecular complexity index is 1660. The fraction of sp³-hybridized carbons (Fsp3) is 0.0690. The van der Waals surface area contributed by atoms with Gasteiger partial charge in [-0.1, -0.05) is 24.3 Å². The first-order valence-corrected chi connectivity index (χ1v) is 12.2. The van der Waals surface area contributed by atoms with E-state index in [1.54, 1.807) is 24.9 Å². The predicted molar refractivity (Wildman–Crippen MR) is 145 cm³/mol. The van der Waals surface area contributed by atoms with Crippen molar-refractivity contribution in [2.24, 2.45) is 0 Å².